The van der Waals surface area contributed by atoms with Crippen molar-refractivity contribution in [2.45, 2.75) is 92.5 Å². The van der Waals surface area contributed by atoms with Gasteiger partial charge in [0.25, 0.3) is 0 Å². The number of hydrogen-bond donors (Lipinski definition) is 6. The molecule has 0 aromatic rings. The van der Waals surface area contributed by atoms with Crippen LogP contribution in [0.3, 0.4) is 0 Å². The Morgan fingerprint density at radius 2 is 0.446 bits per heavy atom. The van der Waals surface area contributed by atoms with Gasteiger partial charge in [0.1, 0.15) is 0 Å². The van der Waals surface area contributed by atoms with Crippen LogP contribution in [0.25, 0.3) is 0 Å². The molecule has 0 heterocycles. The van der Waals surface area contributed by atoms with Gasteiger partial charge in [-0.15, -0.1) is 0 Å². The summed E-state index contributed by atoms with van der Waals surface area (Å²) in [6.07, 6.45) is -8.82. The zero-order valence-corrected chi connectivity index (χ0v) is 36.6. The Morgan fingerprint density at radius 3 is 0.538 bits per heavy atom. The van der Waals surface area contributed by atoms with Crippen molar-refractivity contribution >= 4 is 101 Å². The molecule has 3 atom stereocenters. The van der Waals surface area contributed by atoms with E-state index < -0.39 is 184 Å². The SMILES string of the molecule is NC(CC(=O)[O-])C(CC(=O)[O-])(CC(=O)[O-])NCC(=O)[O-].NC(CC(=O)[O-])C(CC(=O)[O-])(CC(=O)[O-])NCC(=O)[O-].NC(CC(=O)[O-])C(CC(=O)[O-])(CC(=O)[O-])NCC(=O)[O-].[Fe+3].[Fe+3].[Fe+3].[Fe+3].[NaH]. The van der Waals surface area contributed by atoms with Gasteiger partial charge in [0, 0.05) is 166 Å². The molecule has 0 aliphatic rings. The Bertz CT molecular complexity index is 1390. The van der Waals surface area contributed by atoms with Gasteiger partial charge in [-0.1, -0.05) is 0 Å². The number of nitrogens with one attached hydrogen (secondary N) is 3. The molecule has 0 aromatic heterocycles. The van der Waals surface area contributed by atoms with Crippen LogP contribution in [0.1, 0.15) is 57.8 Å². The van der Waals surface area contributed by atoms with Gasteiger partial charge in [-0.05, 0) is 0 Å². The van der Waals surface area contributed by atoms with Gasteiger partial charge in [0.2, 0.25) is 0 Å². The van der Waals surface area contributed by atoms with E-state index in [1.165, 1.54) is 0 Å². The average molecular weight is 1110 g/mol. The van der Waals surface area contributed by atoms with Crippen LogP contribution >= 0.6 is 0 Å². The predicted molar refractivity (Wildman–Crippen MR) is 165 cm³/mol. The summed E-state index contributed by atoms with van der Waals surface area (Å²) in [5.41, 5.74) is 10.2. The molecule has 0 saturated carbocycles. The molecule has 65 heavy (non-hydrogen) atoms. The van der Waals surface area contributed by atoms with E-state index in [1.807, 2.05) is 0 Å². The summed E-state index contributed by atoms with van der Waals surface area (Å²) in [5, 5.41) is 133. The normalized spacial score (nSPS) is 11.7. The number of carboxylic acids is 12. The molecule has 0 saturated heterocycles. The predicted octanol–water partition coefficient (Wildman–Crippen LogP) is -22.2. The van der Waals surface area contributed by atoms with E-state index >= 15 is 0 Å². The molecule has 0 fully saturated rings. The summed E-state index contributed by atoms with van der Waals surface area (Å²) in [4.78, 5) is 127. The van der Waals surface area contributed by atoms with E-state index in [-0.39, 0.29) is 97.8 Å². The van der Waals surface area contributed by atoms with Crippen molar-refractivity contribution in [1.29, 1.82) is 0 Å². The third-order valence-corrected chi connectivity index (χ3v) is 7.80. The number of nitrogens with two attached hydrogens (primary N) is 3. The standard InChI is InChI=1S/3C10H16N2O8.4Fe.Na.H/c3*11-5(1-6(13)14)10(2-7(15)16,3-8(17)18)12-4-9(19)20;;;;;;/h3*5,12H,1-4,11H2,(H,13,14)(H,15,16)(H,17,18)(H,19,20);;;;;;/q;;;4*+3;;/p-12. The van der Waals surface area contributed by atoms with Gasteiger partial charge in [-0.25, -0.2) is 0 Å². The Hall–Kier alpha value is -3.52. The van der Waals surface area contributed by atoms with Crippen molar-refractivity contribution in [3.8, 4) is 0 Å². The second kappa shape index (κ2) is 38.6. The van der Waals surface area contributed by atoms with E-state index in [0.29, 0.717) is 0 Å². The van der Waals surface area contributed by atoms with E-state index in [2.05, 4.69) is 16.0 Å². The van der Waals surface area contributed by atoms with Crippen LogP contribution in [-0.2, 0) is 126 Å². The molecular formula is C30H37Fe4N6NaO24. The summed E-state index contributed by atoms with van der Waals surface area (Å²) in [6.45, 7) is -2.79. The minimum atomic E-state index is -2.07. The molecule has 0 spiro atoms. The van der Waals surface area contributed by atoms with Crippen LogP contribution in [0.4, 0.5) is 0 Å². The van der Waals surface area contributed by atoms with E-state index in [4.69, 9.17) is 17.2 Å². The fourth-order valence-electron chi connectivity index (χ4n) is 5.16. The molecule has 9 N–H and O–H groups in total. The van der Waals surface area contributed by atoms with Crippen LogP contribution in [0.5, 0.6) is 0 Å². The Kier molecular flexibility index (Phi) is 46.7. The minimum absolute atomic E-state index is 0. The number of hydrogen-bond acceptors (Lipinski definition) is 30. The Balaban J connectivity index is -0.000000120. The molecule has 30 nitrogen and oxygen atoms in total. The van der Waals surface area contributed by atoms with Crippen molar-refractivity contribution < 1.29 is 187 Å². The zero-order chi connectivity index (χ0) is 47.8. The molecule has 0 rings (SSSR count). The monoisotopic (exact) mass is 1110 g/mol. The van der Waals surface area contributed by atoms with Crippen LogP contribution in [0.15, 0.2) is 0 Å². The van der Waals surface area contributed by atoms with Crippen molar-refractivity contribution in [2.75, 3.05) is 19.6 Å². The number of rotatable bonds is 30. The number of aliphatic carboxylic acids is 12. The molecule has 3 unspecified atom stereocenters. The second-order valence-corrected chi connectivity index (χ2v) is 12.5. The summed E-state index contributed by atoms with van der Waals surface area (Å²) < 4.78 is 0. The molecule has 0 bridgehead atoms. The number of carboxylic acid groups (broad SMARTS) is 12. The first-order valence-electron chi connectivity index (χ1n) is 16.2. The number of carbonyl (C=O) groups is 12. The van der Waals surface area contributed by atoms with E-state index in [0.717, 1.165) is 0 Å². The van der Waals surface area contributed by atoms with Gasteiger partial charge < -0.3 is 152 Å². The maximum absolute atomic E-state index is 10.7. The molecule has 0 aliphatic carbocycles. The van der Waals surface area contributed by atoms with Crippen LogP contribution in [0.2, 0.25) is 0 Å². The molecule has 0 aromatic carbocycles. The Labute approximate surface area is 430 Å². The molecule has 0 aliphatic heterocycles. The quantitative estimate of drug-likeness (QED) is 0.0364. The first-order valence-corrected chi connectivity index (χ1v) is 16.2. The topological polar surface area (TPSA) is 596 Å². The average Bonchev–Trinajstić information content (AvgIpc) is 3.03. The zero-order valence-electron chi connectivity index (χ0n) is 32.2. The van der Waals surface area contributed by atoms with Gasteiger partial charge in [-0.3, -0.25) is 0 Å². The summed E-state index contributed by atoms with van der Waals surface area (Å²) in [7, 11) is 0. The first kappa shape index (κ1) is 78.6. The molecular weight excluding hydrogens is 1070 g/mol. The van der Waals surface area contributed by atoms with Gasteiger partial charge >= 0.3 is 97.8 Å². The fraction of sp³-hybridized carbons (Fsp3) is 0.600. The maximum atomic E-state index is 10.7. The molecule has 35 heteroatoms. The second-order valence-electron chi connectivity index (χ2n) is 12.5. The van der Waals surface area contributed by atoms with Gasteiger partial charge in [-0.2, -0.15) is 0 Å². The molecule has 4 radical (unpaired) electrons. The van der Waals surface area contributed by atoms with Crippen molar-refractivity contribution in [1.82, 2.24) is 16.0 Å². The molecule has 0 amide bonds. The van der Waals surface area contributed by atoms with Crippen molar-refractivity contribution in [2.24, 2.45) is 17.2 Å². The third kappa shape index (κ3) is 37.3. The van der Waals surface area contributed by atoms with Gasteiger partial charge in [0.15, 0.2) is 0 Å². The molecule has 364 valence electrons. The fourth-order valence-corrected chi connectivity index (χ4v) is 5.16. The van der Waals surface area contributed by atoms with Gasteiger partial charge in [0.05, 0.1) is 17.9 Å². The van der Waals surface area contributed by atoms with Crippen LogP contribution in [-0.4, -0.2) is 156 Å². The summed E-state index contributed by atoms with van der Waals surface area (Å²) >= 11 is 0. The summed E-state index contributed by atoms with van der Waals surface area (Å²) in [6, 6.07) is -4.66. The Morgan fingerprint density at radius 1 is 0.308 bits per heavy atom. The van der Waals surface area contributed by atoms with Crippen LogP contribution in [0, 0.1) is 0 Å². The number of carbonyl (C=O) groups excluding carboxylic acids is 12. The first-order chi connectivity index (χ1) is 27.3. The van der Waals surface area contributed by atoms with Crippen molar-refractivity contribution in [3.63, 3.8) is 0 Å². The van der Waals surface area contributed by atoms with Crippen LogP contribution < -0.4 is 94.4 Å². The summed E-state index contributed by atoms with van der Waals surface area (Å²) in [5.74, 6) is -20.4. The van der Waals surface area contributed by atoms with E-state index in [9.17, 15) is 119 Å². The third-order valence-electron chi connectivity index (χ3n) is 7.80. The van der Waals surface area contributed by atoms with E-state index in [1.54, 1.807) is 0 Å². The van der Waals surface area contributed by atoms with Crippen molar-refractivity contribution in [3.05, 3.63) is 0 Å².